The summed E-state index contributed by atoms with van der Waals surface area (Å²) in [6.45, 7) is 4.23. The van der Waals surface area contributed by atoms with E-state index in [9.17, 15) is 4.39 Å². The van der Waals surface area contributed by atoms with Gasteiger partial charge in [0, 0.05) is 30.4 Å². The Kier molecular flexibility index (Phi) is 5.06. The second kappa shape index (κ2) is 7.63. The topological polar surface area (TPSA) is 33.3 Å². The van der Waals surface area contributed by atoms with Gasteiger partial charge in [0.2, 0.25) is 0 Å². The Bertz CT molecular complexity index is 848. The number of ether oxygens (including phenoxy) is 1. The Hall–Kier alpha value is -2.49. The maximum Gasteiger partial charge on any atom is 0.165 e. The van der Waals surface area contributed by atoms with Gasteiger partial charge in [-0.2, -0.15) is 0 Å². The summed E-state index contributed by atoms with van der Waals surface area (Å²) in [4.78, 5) is 0. The first kappa shape index (κ1) is 17.9. The lowest BCUT2D eigenvalue weighted by molar-refractivity contribution is 0.198. The molecule has 4 heteroatoms. The molecule has 0 amide bonds. The fourth-order valence-electron chi connectivity index (χ4n) is 4.00. The first-order valence-corrected chi connectivity index (χ1v) is 9.89. The van der Waals surface area contributed by atoms with E-state index in [1.165, 1.54) is 16.8 Å². The fraction of sp³-hybridized carbons (Fsp3) is 0.391. The van der Waals surface area contributed by atoms with Crippen LogP contribution >= 0.6 is 0 Å². The summed E-state index contributed by atoms with van der Waals surface area (Å²) >= 11 is 0. The van der Waals surface area contributed by atoms with Gasteiger partial charge in [-0.15, -0.1) is 0 Å². The number of nitrogens with one attached hydrogen (secondary N) is 2. The van der Waals surface area contributed by atoms with Gasteiger partial charge in [0.25, 0.3) is 0 Å². The quantitative estimate of drug-likeness (QED) is 0.741. The first-order valence-electron chi connectivity index (χ1n) is 9.89. The summed E-state index contributed by atoms with van der Waals surface area (Å²) in [5.41, 5.74) is 4.59. The molecule has 1 aliphatic heterocycles. The summed E-state index contributed by atoms with van der Waals surface area (Å²) in [6.07, 6.45) is 5.96. The minimum Gasteiger partial charge on any atom is -0.483 e. The largest absolute Gasteiger partial charge is 0.483 e. The van der Waals surface area contributed by atoms with E-state index < -0.39 is 0 Å². The maximum atomic E-state index is 14.7. The van der Waals surface area contributed by atoms with Gasteiger partial charge in [0.15, 0.2) is 11.6 Å². The Morgan fingerprint density at radius 2 is 2.11 bits per heavy atom. The Labute approximate surface area is 160 Å². The van der Waals surface area contributed by atoms with E-state index in [-0.39, 0.29) is 18.0 Å². The fourth-order valence-corrected chi connectivity index (χ4v) is 4.00. The predicted octanol–water partition coefficient (Wildman–Crippen LogP) is 5.16. The van der Waals surface area contributed by atoms with Crippen LogP contribution in [0.25, 0.3) is 0 Å². The van der Waals surface area contributed by atoms with Crippen LogP contribution in [-0.4, -0.2) is 6.04 Å². The highest BCUT2D eigenvalue weighted by atomic mass is 19.1. The van der Waals surface area contributed by atoms with E-state index >= 15 is 0 Å². The first-order chi connectivity index (χ1) is 13.1. The van der Waals surface area contributed by atoms with E-state index in [0.717, 1.165) is 31.2 Å². The number of fused-ring (bicyclic) bond motifs is 1. The highest BCUT2D eigenvalue weighted by Crippen LogP contribution is 2.36. The van der Waals surface area contributed by atoms with Crippen LogP contribution < -0.4 is 15.4 Å². The zero-order valence-corrected chi connectivity index (χ0v) is 16.0. The third-order valence-electron chi connectivity index (χ3n) is 5.66. The van der Waals surface area contributed by atoms with E-state index in [0.29, 0.717) is 11.8 Å². The van der Waals surface area contributed by atoms with Crippen LogP contribution in [0.1, 0.15) is 61.9 Å². The average molecular weight is 366 g/mol. The number of aryl methyl sites for hydroxylation is 1. The van der Waals surface area contributed by atoms with Gasteiger partial charge in [0.05, 0.1) is 0 Å². The molecule has 0 spiro atoms. The molecule has 27 heavy (non-hydrogen) atoms. The van der Waals surface area contributed by atoms with E-state index in [1.807, 2.05) is 24.4 Å². The molecule has 0 bridgehead atoms. The Balaban J connectivity index is 1.42. The molecule has 0 saturated carbocycles. The Morgan fingerprint density at radius 1 is 1.26 bits per heavy atom. The third-order valence-corrected chi connectivity index (χ3v) is 5.66. The van der Waals surface area contributed by atoms with Crippen LogP contribution in [-0.2, 0) is 6.42 Å². The minimum atomic E-state index is -0.296. The zero-order chi connectivity index (χ0) is 18.8. The summed E-state index contributed by atoms with van der Waals surface area (Å²) in [5.74, 6) is 0.0379. The molecule has 2 aliphatic rings. The van der Waals surface area contributed by atoms with Gasteiger partial charge in [0.1, 0.15) is 6.10 Å². The van der Waals surface area contributed by atoms with Gasteiger partial charge in [-0.3, -0.25) is 0 Å². The highest BCUT2D eigenvalue weighted by Gasteiger charge is 2.25. The molecule has 0 saturated heterocycles. The van der Waals surface area contributed by atoms with E-state index in [2.05, 4.69) is 36.6 Å². The molecule has 2 unspecified atom stereocenters. The lowest BCUT2D eigenvalue weighted by Crippen LogP contribution is -2.20. The summed E-state index contributed by atoms with van der Waals surface area (Å²) in [7, 11) is 0. The molecule has 4 rings (SSSR count). The molecular weight excluding hydrogens is 339 g/mol. The number of hydrogen-bond acceptors (Lipinski definition) is 3. The molecule has 3 nitrogen and oxygen atoms in total. The molecule has 1 aliphatic carbocycles. The van der Waals surface area contributed by atoms with Crippen molar-refractivity contribution >= 4 is 0 Å². The van der Waals surface area contributed by atoms with Crippen LogP contribution in [0.15, 0.2) is 54.4 Å². The second-order valence-corrected chi connectivity index (χ2v) is 7.55. The molecule has 3 atom stereocenters. The zero-order valence-electron chi connectivity index (χ0n) is 16.0. The smallest absolute Gasteiger partial charge is 0.165 e. The molecule has 2 aromatic rings. The molecule has 2 aromatic carbocycles. The van der Waals surface area contributed by atoms with Crippen LogP contribution in [0.4, 0.5) is 4.39 Å². The maximum absolute atomic E-state index is 14.7. The van der Waals surface area contributed by atoms with Gasteiger partial charge in [-0.1, -0.05) is 37.3 Å². The summed E-state index contributed by atoms with van der Waals surface area (Å²) in [6, 6.07) is 14.1. The summed E-state index contributed by atoms with van der Waals surface area (Å²) < 4.78 is 20.7. The summed E-state index contributed by atoms with van der Waals surface area (Å²) in [5, 5.41) is 6.85. The Morgan fingerprint density at radius 3 is 2.89 bits per heavy atom. The number of rotatable bonds is 6. The molecule has 1 heterocycles. The number of halogens is 1. The van der Waals surface area contributed by atoms with Gasteiger partial charge in [-0.25, -0.2) is 4.39 Å². The van der Waals surface area contributed by atoms with Gasteiger partial charge >= 0.3 is 0 Å². The van der Waals surface area contributed by atoms with Crippen LogP contribution in [0, 0.1) is 5.82 Å². The SMILES string of the molecule is CCC1CC(N[C@@H](C)c2ccc(OC3CCc4ccccc43)c(F)c2)=CN1. The van der Waals surface area contributed by atoms with Gasteiger partial charge in [-0.05, 0) is 55.0 Å². The highest BCUT2D eigenvalue weighted by molar-refractivity contribution is 5.36. The number of benzene rings is 2. The van der Waals surface area contributed by atoms with E-state index in [4.69, 9.17) is 4.74 Å². The van der Waals surface area contributed by atoms with Gasteiger partial charge < -0.3 is 15.4 Å². The van der Waals surface area contributed by atoms with Crippen molar-refractivity contribution in [1.29, 1.82) is 0 Å². The molecular formula is C23H27FN2O. The van der Waals surface area contributed by atoms with E-state index in [1.54, 1.807) is 12.1 Å². The lowest BCUT2D eigenvalue weighted by Gasteiger charge is -2.19. The van der Waals surface area contributed by atoms with Crippen molar-refractivity contribution in [2.24, 2.45) is 0 Å². The van der Waals surface area contributed by atoms with Crippen molar-refractivity contribution in [3.63, 3.8) is 0 Å². The molecule has 142 valence electrons. The molecule has 0 fully saturated rings. The van der Waals surface area contributed by atoms with Crippen molar-refractivity contribution in [3.05, 3.63) is 76.9 Å². The second-order valence-electron chi connectivity index (χ2n) is 7.55. The van der Waals surface area contributed by atoms with Crippen LogP contribution in [0.2, 0.25) is 0 Å². The third kappa shape index (κ3) is 3.80. The monoisotopic (exact) mass is 366 g/mol. The molecule has 0 aromatic heterocycles. The minimum absolute atomic E-state index is 0.0458. The van der Waals surface area contributed by atoms with Crippen molar-refractivity contribution in [3.8, 4) is 5.75 Å². The van der Waals surface area contributed by atoms with Crippen molar-refractivity contribution < 1.29 is 9.13 Å². The van der Waals surface area contributed by atoms with Crippen LogP contribution in [0.3, 0.4) is 0 Å². The normalized spacial score (nSPS) is 22.0. The molecule has 0 radical (unpaired) electrons. The molecule has 2 N–H and O–H groups in total. The van der Waals surface area contributed by atoms with Crippen molar-refractivity contribution in [2.75, 3.05) is 0 Å². The van der Waals surface area contributed by atoms with Crippen LogP contribution in [0.5, 0.6) is 5.75 Å². The standard InChI is InChI=1S/C23H27FN2O/c1-3-18-13-19(14-25-18)26-15(2)17-9-11-23(21(24)12-17)27-22-10-8-16-6-4-5-7-20(16)22/h4-7,9,11-12,14-15,18,22,25-26H,3,8,10,13H2,1-2H3/t15-,18?,22?/m0/s1. The lowest BCUT2D eigenvalue weighted by atomic mass is 10.1. The average Bonchev–Trinajstić information content (AvgIpc) is 3.30. The van der Waals surface area contributed by atoms with Crippen molar-refractivity contribution in [1.82, 2.24) is 10.6 Å². The number of hydrogen-bond donors (Lipinski definition) is 2. The van der Waals surface area contributed by atoms with Crippen molar-refractivity contribution in [2.45, 2.75) is 57.7 Å². The predicted molar refractivity (Wildman–Crippen MR) is 106 cm³/mol.